The Morgan fingerprint density at radius 1 is 1.00 bits per heavy atom. The van der Waals surface area contributed by atoms with E-state index in [1.54, 1.807) is 0 Å². The van der Waals surface area contributed by atoms with Gasteiger partial charge in [-0.3, -0.25) is 0 Å². The first-order valence-electron chi connectivity index (χ1n) is 1.65. The lowest BCUT2D eigenvalue weighted by Crippen LogP contribution is -1.87. The predicted octanol–water partition coefficient (Wildman–Crippen LogP) is 1.16. The van der Waals surface area contributed by atoms with Crippen molar-refractivity contribution in [3.63, 3.8) is 0 Å². The van der Waals surface area contributed by atoms with Gasteiger partial charge in [0.05, 0.1) is 0 Å². The largest absolute Gasteiger partial charge is 0.246 e. The fourth-order valence-electron chi connectivity index (χ4n) is 0.187. The molecule has 0 spiro atoms. The van der Waals surface area contributed by atoms with Crippen molar-refractivity contribution in [2.24, 2.45) is 9.77 Å². The monoisotopic (exact) mass is 154 g/mol. The van der Waals surface area contributed by atoms with Crippen LogP contribution in [0.25, 0.3) is 0 Å². The van der Waals surface area contributed by atoms with E-state index >= 15 is 0 Å². The molecule has 2 N–H and O–H groups in total. The Kier molecular flexibility index (Phi) is 3.20. The van der Waals surface area contributed by atoms with E-state index in [9.17, 15) is 0 Å². The summed E-state index contributed by atoms with van der Waals surface area (Å²) in [7, 11) is 1.55. The van der Waals surface area contributed by atoms with Gasteiger partial charge in [-0.25, -0.2) is 9.72 Å². The molecule has 40 valence electrons. The molecule has 7 heavy (non-hydrogen) atoms. The molecule has 2 atom stereocenters. The van der Waals surface area contributed by atoms with Crippen LogP contribution in [0.4, 0.5) is 0 Å². The van der Waals surface area contributed by atoms with Gasteiger partial charge in [0.2, 0.25) is 0 Å². The van der Waals surface area contributed by atoms with E-state index in [0.29, 0.717) is 26.6 Å². The molecule has 0 saturated carbocycles. The van der Waals surface area contributed by atoms with Gasteiger partial charge in [-0.15, -0.1) is 0 Å². The van der Waals surface area contributed by atoms with Crippen LogP contribution in [0.2, 0.25) is 0 Å². The summed E-state index contributed by atoms with van der Waals surface area (Å²) in [6.45, 7) is 0. The standard InChI is InChI=1S/H5N4P3/c1-2-6-4-7-3-5-1/h3-7H. The molecule has 1 aliphatic rings. The minimum Gasteiger partial charge on any atom is -0.246 e. The van der Waals surface area contributed by atoms with Crippen molar-refractivity contribution in [2.75, 3.05) is 0 Å². The third kappa shape index (κ3) is 2.58. The van der Waals surface area contributed by atoms with Crippen LogP contribution in [0, 0.1) is 0 Å². The van der Waals surface area contributed by atoms with Crippen LogP contribution in [0.5, 0.6) is 0 Å². The normalized spacial score (nSPS) is 32.0. The quantitative estimate of drug-likeness (QED) is 0.514. The molecule has 7 heteroatoms. The molecular weight excluding hydrogens is 149 g/mol. The first-order valence-corrected chi connectivity index (χ1v) is 4.54. The van der Waals surface area contributed by atoms with E-state index in [0.717, 1.165) is 0 Å². The number of nitrogens with one attached hydrogen (secondary N) is 2. The molecule has 0 amide bonds. The maximum atomic E-state index is 3.77. The van der Waals surface area contributed by atoms with E-state index in [1.165, 1.54) is 0 Å². The van der Waals surface area contributed by atoms with Gasteiger partial charge in [0.1, 0.15) is 17.8 Å². The zero-order valence-electron chi connectivity index (χ0n) is 3.39. The number of rotatable bonds is 0. The zero-order valence-corrected chi connectivity index (χ0v) is 6.39. The molecule has 0 aromatic rings. The molecule has 1 aliphatic heterocycles. The van der Waals surface area contributed by atoms with Gasteiger partial charge in [0.15, 0.2) is 0 Å². The molecule has 0 aromatic heterocycles. The summed E-state index contributed by atoms with van der Waals surface area (Å²) in [5.41, 5.74) is 0. The minimum absolute atomic E-state index is 0.460. The Bertz CT molecular complexity index is 61.3. The number of hydrogen-bond acceptors (Lipinski definition) is 4. The lowest BCUT2D eigenvalue weighted by atomic mass is 13.2. The topological polar surface area (TPSA) is 48.8 Å². The first kappa shape index (κ1) is 5.94. The van der Waals surface area contributed by atoms with Crippen molar-refractivity contribution in [3.05, 3.63) is 0 Å². The summed E-state index contributed by atoms with van der Waals surface area (Å²) in [4.78, 5) is 13.6. The SMILES string of the molecule is N1=NPNPNP1. The summed E-state index contributed by atoms with van der Waals surface area (Å²) >= 11 is 0. The molecule has 0 saturated heterocycles. The highest BCUT2D eigenvalue weighted by atomic mass is 31.2. The minimum atomic E-state index is 0.460. The average Bonchev–Trinajstić information content (AvgIpc) is 1.90. The van der Waals surface area contributed by atoms with E-state index in [1.807, 2.05) is 0 Å². The van der Waals surface area contributed by atoms with Crippen molar-refractivity contribution in [3.8, 4) is 0 Å². The van der Waals surface area contributed by atoms with Crippen molar-refractivity contribution in [2.45, 2.75) is 0 Å². The molecule has 0 bridgehead atoms. The van der Waals surface area contributed by atoms with Crippen LogP contribution in [-0.2, 0) is 0 Å². The maximum Gasteiger partial charge on any atom is 0.101 e. The molecular formula is H5N4P3. The van der Waals surface area contributed by atoms with E-state index in [-0.39, 0.29) is 0 Å². The average molecular weight is 154 g/mol. The van der Waals surface area contributed by atoms with Gasteiger partial charge in [0.25, 0.3) is 0 Å². The van der Waals surface area contributed by atoms with E-state index in [4.69, 9.17) is 0 Å². The van der Waals surface area contributed by atoms with Gasteiger partial charge in [-0.2, -0.15) is 9.77 Å². The lowest BCUT2D eigenvalue weighted by molar-refractivity contribution is 1.47. The highest BCUT2D eigenvalue weighted by molar-refractivity contribution is 7.58. The maximum absolute atomic E-state index is 3.77. The Morgan fingerprint density at radius 3 is 2.14 bits per heavy atom. The van der Waals surface area contributed by atoms with Crippen LogP contribution in [-0.4, -0.2) is 0 Å². The lowest BCUT2D eigenvalue weighted by Gasteiger charge is -1.90. The van der Waals surface area contributed by atoms with Gasteiger partial charge >= 0.3 is 0 Å². The highest BCUT2D eigenvalue weighted by Gasteiger charge is 1.86. The van der Waals surface area contributed by atoms with Gasteiger partial charge < -0.3 is 0 Å². The van der Waals surface area contributed by atoms with E-state index in [2.05, 4.69) is 19.5 Å². The molecule has 1 rings (SSSR count). The van der Waals surface area contributed by atoms with Crippen molar-refractivity contribution in [1.82, 2.24) is 9.72 Å². The van der Waals surface area contributed by atoms with Crippen molar-refractivity contribution in [1.29, 1.82) is 0 Å². The number of nitrogens with zero attached hydrogens (tertiary/aromatic N) is 2. The third-order valence-corrected chi connectivity index (χ3v) is 2.88. The molecule has 1 heterocycles. The highest BCUT2D eigenvalue weighted by Crippen LogP contribution is 2.26. The predicted molar refractivity (Wildman–Crippen MR) is 36.1 cm³/mol. The van der Waals surface area contributed by atoms with Crippen LogP contribution in [0.3, 0.4) is 0 Å². The molecule has 0 radical (unpaired) electrons. The van der Waals surface area contributed by atoms with E-state index < -0.39 is 0 Å². The van der Waals surface area contributed by atoms with Gasteiger partial charge in [-0.05, 0) is 0 Å². The Morgan fingerprint density at radius 2 is 1.57 bits per heavy atom. The Labute approximate surface area is 47.0 Å². The third-order valence-electron chi connectivity index (χ3n) is 0.387. The molecule has 0 aliphatic carbocycles. The van der Waals surface area contributed by atoms with Crippen LogP contribution in [0.15, 0.2) is 9.77 Å². The van der Waals surface area contributed by atoms with Crippen molar-refractivity contribution < 1.29 is 0 Å². The first-order chi connectivity index (χ1) is 3.50. The Hall–Kier alpha value is 0.810. The van der Waals surface area contributed by atoms with Crippen LogP contribution < -0.4 is 9.72 Å². The summed E-state index contributed by atoms with van der Waals surface area (Å²) in [6, 6.07) is 0. The zero-order chi connectivity index (χ0) is 4.95. The Balaban J connectivity index is 2.20. The second-order valence-corrected chi connectivity index (χ2v) is 3.90. The molecule has 4 nitrogen and oxygen atoms in total. The van der Waals surface area contributed by atoms with Crippen molar-refractivity contribution >= 4 is 26.6 Å². The molecule has 2 unspecified atom stereocenters. The summed E-state index contributed by atoms with van der Waals surface area (Å²) in [5.74, 6) is 0. The summed E-state index contributed by atoms with van der Waals surface area (Å²) in [5, 5.41) is 0. The second kappa shape index (κ2) is 3.77. The second-order valence-electron chi connectivity index (χ2n) is 0.799. The fraction of sp³-hybridized carbons (Fsp3) is 0. The molecule has 0 aromatic carbocycles. The molecule has 0 fully saturated rings. The van der Waals surface area contributed by atoms with Gasteiger partial charge in [-0.1, -0.05) is 0 Å². The summed E-state index contributed by atoms with van der Waals surface area (Å²) < 4.78 is 0. The van der Waals surface area contributed by atoms with Gasteiger partial charge in [0, 0.05) is 8.88 Å². The summed E-state index contributed by atoms with van der Waals surface area (Å²) in [6.07, 6.45) is 0. The smallest absolute Gasteiger partial charge is 0.101 e. The van der Waals surface area contributed by atoms with Crippen LogP contribution >= 0.6 is 26.6 Å². The number of hydrogen-bond donors (Lipinski definition) is 2. The van der Waals surface area contributed by atoms with Crippen LogP contribution in [0.1, 0.15) is 0 Å². The fourth-order valence-corrected chi connectivity index (χ4v) is 2.25.